The quantitative estimate of drug-likeness (QED) is 0.413. The van der Waals surface area contributed by atoms with E-state index in [4.69, 9.17) is 9.47 Å². The van der Waals surface area contributed by atoms with E-state index in [9.17, 15) is 0 Å². The monoisotopic (exact) mass is 404 g/mol. The zero-order valence-corrected chi connectivity index (χ0v) is 17.4. The zero-order valence-electron chi connectivity index (χ0n) is 14.5. The Kier molecular flexibility index (Phi) is 11.1. The fraction of sp³-hybridized carbons (Fsp3) is 0.889. The Morgan fingerprint density at radius 3 is 1.76 bits per heavy atom. The van der Waals surface area contributed by atoms with E-state index in [0.717, 1.165) is 19.6 Å². The van der Waals surface area contributed by atoms with E-state index in [1.54, 1.807) is 0 Å². The first kappa shape index (κ1) is 19.5. The number of unbranched alkanes of at least 4 members (excludes halogenated alkanes) is 3. The molecule has 0 unspecified atom stereocenters. The Labute approximate surface area is 136 Å². The van der Waals surface area contributed by atoms with Crippen LogP contribution in [0.5, 0.6) is 0 Å². The Morgan fingerprint density at radius 2 is 1.33 bits per heavy atom. The summed E-state index contributed by atoms with van der Waals surface area (Å²) >= 11 is -2.13. The van der Waals surface area contributed by atoms with Crippen LogP contribution >= 0.6 is 0 Å². The standard InChI is InChI=1S/C6H9O2.3C4H9.Sn/c1-2-6-7-4-3-5-8-6;3*1-3-4-2;/h1-2,6H,3-5H2;3*1,3-4H2,2H3;. The molecule has 124 valence electrons. The molecular formula is C18H36O2Sn. The third-order valence-corrected chi connectivity index (χ3v) is 18.7. The third-order valence-electron chi connectivity index (χ3n) is 4.54. The number of ether oxygens (including phenoxy) is 2. The molecule has 0 aliphatic carbocycles. The average Bonchev–Trinajstić information content (AvgIpc) is 2.54. The van der Waals surface area contributed by atoms with E-state index in [0.29, 0.717) is 0 Å². The van der Waals surface area contributed by atoms with Crippen LogP contribution in [0.15, 0.2) is 10.2 Å². The molecule has 0 aromatic heterocycles. The maximum atomic E-state index is 5.71. The van der Waals surface area contributed by atoms with E-state index in [-0.39, 0.29) is 6.29 Å². The summed E-state index contributed by atoms with van der Waals surface area (Å²) in [6.07, 6.45) is 11.5. The van der Waals surface area contributed by atoms with Gasteiger partial charge in [0, 0.05) is 0 Å². The molecule has 0 aromatic rings. The second-order valence-corrected chi connectivity index (χ2v) is 19.5. The number of hydrogen-bond donors (Lipinski definition) is 0. The van der Waals surface area contributed by atoms with E-state index < -0.39 is 18.4 Å². The molecule has 0 bridgehead atoms. The van der Waals surface area contributed by atoms with Crippen LogP contribution in [0.25, 0.3) is 0 Å². The summed E-state index contributed by atoms with van der Waals surface area (Å²) in [5.41, 5.74) is 0. The van der Waals surface area contributed by atoms with Crippen molar-refractivity contribution in [3.63, 3.8) is 0 Å². The van der Waals surface area contributed by atoms with Gasteiger partial charge >= 0.3 is 137 Å². The molecule has 1 rings (SSSR count). The summed E-state index contributed by atoms with van der Waals surface area (Å²) in [6, 6.07) is 0. The van der Waals surface area contributed by atoms with Crippen LogP contribution in [-0.2, 0) is 9.47 Å². The van der Waals surface area contributed by atoms with Crippen LogP contribution in [0.2, 0.25) is 13.3 Å². The minimum absolute atomic E-state index is 0.0558. The van der Waals surface area contributed by atoms with Crippen molar-refractivity contribution in [1.82, 2.24) is 0 Å². The van der Waals surface area contributed by atoms with E-state index in [1.165, 1.54) is 51.8 Å². The maximum absolute atomic E-state index is 5.71. The number of rotatable bonds is 11. The molecule has 1 aliphatic heterocycles. The summed E-state index contributed by atoms with van der Waals surface area (Å²) < 4.78 is 18.6. The fourth-order valence-corrected chi connectivity index (χ4v) is 17.3. The first-order valence-electron chi connectivity index (χ1n) is 9.19. The summed E-state index contributed by atoms with van der Waals surface area (Å²) in [4.78, 5) is 0. The van der Waals surface area contributed by atoms with Crippen molar-refractivity contribution in [2.75, 3.05) is 13.2 Å². The molecule has 1 saturated heterocycles. The molecule has 3 heteroatoms. The van der Waals surface area contributed by atoms with Crippen LogP contribution in [0, 0.1) is 0 Å². The summed E-state index contributed by atoms with van der Waals surface area (Å²) in [6.45, 7) is 8.70. The van der Waals surface area contributed by atoms with Crippen LogP contribution in [0.3, 0.4) is 0 Å². The van der Waals surface area contributed by atoms with Crippen LogP contribution in [-0.4, -0.2) is 37.9 Å². The molecule has 21 heavy (non-hydrogen) atoms. The van der Waals surface area contributed by atoms with Crippen molar-refractivity contribution in [2.45, 2.75) is 85.3 Å². The molecule has 0 atom stereocenters. The molecular weight excluding hydrogens is 367 g/mol. The summed E-state index contributed by atoms with van der Waals surface area (Å²) in [7, 11) is 0. The molecule has 0 amide bonds. The Bertz CT molecular complexity index is 251. The summed E-state index contributed by atoms with van der Waals surface area (Å²) in [5, 5.41) is 0. The van der Waals surface area contributed by atoms with Crippen molar-refractivity contribution in [3.05, 3.63) is 10.2 Å². The van der Waals surface area contributed by atoms with E-state index in [1.807, 2.05) is 0 Å². The van der Waals surface area contributed by atoms with Crippen LogP contribution < -0.4 is 0 Å². The second-order valence-electron chi connectivity index (χ2n) is 6.50. The second kappa shape index (κ2) is 12.0. The predicted octanol–water partition coefficient (Wildman–Crippen LogP) is 5.69. The minimum atomic E-state index is -2.13. The van der Waals surface area contributed by atoms with Crippen molar-refractivity contribution >= 4 is 18.4 Å². The van der Waals surface area contributed by atoms with Gasteiger partial charge in [0.25, 0.3) is 0 Å². The number of hydrogen-bond acceptors (Lipinski definition) is 2. The Hall–Kier alpha value is 0.459. The van der Waals surface area contributed by atoms with Gasteiger partial charge < -0.3 is 0 Å². The molecule has 0 N–H and O–H groups in total. The van der Waals surface area contributed by atoms with Crippen molar-refractivity contribution < 1.29 is 9.47 Å². The van der Waals surface area contributed by atoms with Gasteiger partial charge in [0.2, 0.25) is 0 Å². The van der Waals surface area contributed by atoms with Crippen molar-refractivity contribution in [1.29, 1.82) is 0 Å². The van der Waals surface area contributed by atoms with Crippen LogP contribution in [0.1, 0.15) is 65.7 Å². The van der Waals surface area contributed by atoms with Crippen LogP contribution in [0.4, 0.5) is 0 Å². The predicted molar refractivity (Wildman–Crippen MR) is 94.3 cm³/mol. The van der Waals surface area contributed by atoms with Gasteiger partial charge in [-0.3, -0.25) is 0 Å². The molecule has 2 nitrogen and oxygen atoms in total. The molecule has 0 radical (unpaired) electrons. The molecule has 1 aliphatic rings. The van der Waals surface area contributed by atoms with Gasteiger partial charge in [-0.25, -0.2) is 0 Å². The molecule has 1 fully saturated rings. The molecule has 1 heterocycles. The Balaban J connectivity index is 2.70. The van der Waals surface area contributed by atoms with Gasteiger partial charge in [-0.2, -0.15) is 0 Å². The van der Waals surface area contributed by atoms with E-state index in [2.05, 4.69) is 30.9 Å². The normalized spacial score (nSPS) is 17.7. The topological polar surface area (TPSA) is 18.5 Å². The van der Waals surface area contributed by atoms with Crippen molar-refractivity contribution in [2.24, 2.45) is 0 Å². The first-order valence-corrected chi connectivity index (χ1v) is 16.9. The SMILES string of the molecule is CCC[CH2][Sn](/[CH]=C/C1OCCCO1)([CH2]CCC)[CH2]CCC. The van der Waals surface area contributed by atoms with Gasteiger partial charge in [-0.05, 0) is 0 Å². The summed E-state index contributed by atoms with van der Waals surface area (Å²) in [5.74, 6) is 0. The zero-order chi connectivity index (χ0) is 15.4. The van der Waals surface area contributed by atoms with Gasteiger partial charge in [-0.1, -0.05) is 0 Å². The fourth-order valence-electron chi connectivity index (χ4n) is 3.11. The van der Waals surface area contributed by atoms with Gasteiger partial charge in [-0.15, -0.1) is 0 Å². The van der Waals surface area contributed by atoms with E-state index >= 15 is 0 Å². The molecule has 0 aromatic carbocycles. The molecule has 0 saturated carbocycles. The third kappa shape index (κ3) is 8.03. The van der Waals surface area contributed by atoms with Gasteiger partial charge in [0.1, 0.15) is 0 Å². The van der Waals surface area contributed by atoms with Crippen molar-refractivity contribution in [3.8, 4) is 0 Å². The first-order chi connectivity index (χ1) is 10.3. The van der Waals surface area contributed by atoms with Gasteiger partial charge in [0.05, 0.1) is 0 Å². The Morgan fingerprint density at radius 1 is 0.857 bits per heavy atom. The molecule has 0 spiro atoms. The van der Waals surface area contributed by atoms with Gasteiger partial charge in [0.15, 0.2) is 0 Å². The average molecular weight is 403 g/mol.